The molecule has 0 radical (unpaired) electrons. The number of hydrogen-bond donors (Lipinski definition) is 1. The molecule has 0 saturated carbocycles. The third-order valence-electron chi connectivity index (χ3n) is 4.43. The summed E-state index contributed by atoms with van der Waals surface area (Å²) < 4.78 is 5.51. The van der Waals surface area contributed by atoms with Crippen LogP contribution in [0.4, 0.5) is 0 Å². The lowest BCUT2D eigenvalue weighted by Gasteiger charge is -2.22. The number of nitrogens with one attached hydrogen (secondary N) is 1. The maximum Gasteiger partial charge on any atom is 0.194 e. The number of aromatic nitrogens is 3. The Hall–Kier alpha value is -1.03. The maximum absolute atomic E-state index is 4.73. The molecule has 3 heterocycles. The molecule has 2 aromatic rings. The zero-order valence-corrected chi connectivity index (χ0v) is 18.9. The summed E-state index contributed by atoms with van der Waals surface area (Å²) in [4.78, 5) is 11.3. The van der Waals surface area contributed by atoms with E-state index in [2.05, 4.69) is 72.8 Å². The molecule has 138 valence electrons. The van der Waals surface area contributed by atoms with E-state index in [1.807, 2.05) is 7.05 Å². The molecule has 3 rings (SSSR count). The van der Waals surface area contributed by atoms with Gasteiger partial charge in [0.05, 0.1) is 18.8 Å². The highest BCUT2D eigenvalue weighted by atomic mass is 127. The van der Waals surface area contributed by atoms with Crippen LogP contribution in [0.5, 0.6) is 0 Å². The molecule has 1 N–H and O–H groups in total. The van der Waals surface area contributed by atoms with Crippen molar-refractivity contribution in [3.63, 3.8) is 0 Å². The Balaban J connectivity index is 0.00000225. The van der Waals surface area contributed by atoms with Crippen molar-refractivity contribution in [3.8, 4) is 0 Å². The lowest BCUT2D eigenvalue weighted by Crippen LogP contribution is -2.38. The van der Waals surface area contributed by atoms with E-state index in [9.17, 15) is 0 Å². The van der Waals surface area contributed by atoms with E-state index >= 15 is 0 Å². The van der Waals surface area contributed by atoms with Crippen LogP contribution in [0.3, 0.4) is 0 Å². The fraction of sp³-hybridized carbons (Fsp3) is 0.529. The van der Waals surface area contributed by atoms with Gasteiger partial charge in [0.25, 0.3) is 0 Å². The number of rotatable bonds is 4. The summed E-state index contributed by atoms with van der Waals surface area (Å²) in [6, 6.07) is 2.13. The van der Waals surface area contributed by atoms with Crippen molar-refractivity contribution in [3.05, 3.63) is 40.1 Å². The van der Waals surface area contributed by atoms with Gasteiger partial charge in [-0.25, -0.2) is 4.98 Å². The standard InChI is InChI=1S/C17H25BrN6.HI/c1-19-17(23(3)12-15-8-13(18)10-22(15)2)20-9-14-11-24-7-5-4-6-16(24)21-14;/h8,10-11H,4-7,9,12H2,1-3H3,(H,19,20);1H. The van der Waals surface area contributed by atoms with Crippen LogP contribution in [0.15, 0.2) is 27.9 Å². The number of guanidine groups is 1. The molecule has 0 amide bonds. The van der Waals surface area contributed by atoms with Crippen molar-refractivity contribution in [1.82, 2.24) is 24.3 Å². The maximum atomic E-state index is 4.73. The quantitative estimate of drug-likeness (QED) is 0.383. The van der Waals surface area contributed by atoms with E-state index in [0.717, 1.165) is 35.6 Å². The first-order chi connectivity index (χ1) is 11.6. The molecule has 8 heteroatoms. The molecule has 2 aromatic heterocycles. The average molecular weight is 521 g/mol. The van der Waals surface area contributed by atoms with Crippen LogP contribution in [-0.2, 0) is 33.1 Å². The number of aryl methyl sites for hydroxylation is 3. The van der Waals surface area contributed by atoms with Gasteiger partial charge in [0.15, 0.2) is 5.96 Å². The monoisotopic (exact) mass is 520 g/mol. The van der Waals surface area contributed by atoms with Gasteiger partial charge in [-0.3, -0.25) is 4.99 Å². The molecule has 0 atom stereocenters. The van der Waals surface area contributed by atoms with Gasteiger partial charge >= 0.3 is 0 Å². The van der Waals surface area contributed by atoms with Gasteiger partial charge in [0.1, 0.15) is 5.82 Å². The topological polar surface area (TPSA) is 50.4 Å². The summed E-state index contributed by atoms with van der Waals surface area (Å²) in [6.07, 6.45) is 7.84. The molecule has 0 aliphatic carbocycles. The van der Waals surface area contributed by atoms with Crippen molar-refractivity contribution in [2.24, 2.45) is 12.0 Å². The normalized spacial score (nSPS) is 14.0. The summed E-state index contributed by atoms with van der Waals surface area (Å²) in [5, 5.41) is 3.42. The predicted octanol–water partition coefficient (Wildman–Crippen LogP) is 3.15. The first-order valence-corrected chi connectivity index (χ1v) is 9.13. The second-order valence-corrected chi connectivity index (χ2v) is 7.23. The van der Waals surface area contributed by atoms with Crippen LogP contribution in [0.2, 0.25) is 0 Å². The summed E-state index contributed by atoms with van der Waals surface area (Å²) in [6.45, 7) is 2.59. The lowest BCUT2D eigenvalue weighted by molar-refractivity contribution is 0.461. The molecule has 0 fully saturated rings. The Morgan fingerprint density at radius 1 is 1.40 bits per heavy atom. The molecule has 0 bridgehead atoms. The first-order valence-electron chi connectivity index (χ1n) is 8.34. The fourth-order valence-corrected chi connectivity index (χ4v) is 3.72. The molecule has 0 spiro atoms. The molecule has 1 aliphatic heterocycles. The predicted molar refractivity (Wildman–Crippen MR) is 115 cm³/mol. The Kier molecular flexibility index (Phi) is 7.36. The van der Waals surface area contributed by atoms with Crippen molar-refractivity contribution in [1.29, 1.82) is 0 Å². The third-order valence-corrected chi connectivity index (χ3v) is 4.87. The summed E-state index contributed by atoms with van der Waals surface area (Å²) >= 11 is 3.52. The van der Waals surface area contributed by atoms with E-state index in [1.165, 1.54) is 24.4 Å². The average Bonchev–Trinajstić information content (AvgIpc) is 3.10. The van der Waals surface area contributed by atoms with E-state index in [-0.39, 0.29) is 24.0 Å². The molecule has 25 heavy (non-hydrogen) atoms. The second-order valence-electron chi connectivity index (χ2n) is 6.32. The molecule has 0 unspecified atom stereocenters. The largest absolute Gasteiger partial charge is 0.352 e. The van der Waals surface area contributed by atoms with Crippen LogP contribution in [-0.4, -0.2) is 39.1 Å². The van der Waals surface area contributed by atoms with Gasteiger partial charge < -0.3 is 19.4 Å². The van der Waals surface area contributed by atoms with Crippen molar-refractivity contribution >= 4 is 45.9 Å². The lowest BCUT2D eigenvalue weighted by atomic mass is 10.2. The molecule has 0 saturated heterocycles. The number of fused-ring (bicyclic) bond motifs is 1. The van der Waals surface area contributed by atoms with E-state index in [4.69, 9.17) is 4.98 Å². The van der Waals surface area contributed by atoms with Crippen molar-refractivity contribution < 1.29 is 0 Å². The van der Waals surface area contributed by atoms with Gasteiger partial charge in [-0.2, -0.15) is 0 Å². The zero-order valence-electron chi connectivity index (χ0n) is 15.0. The van der Waals surface area contributed by atoms with E-state index in [1.54, 1.807) is 0 Å². The minimum absolute atomic E-state index is 0. The minimum Gasteiger partial charge on any atom is -0.352 e. The second kappa shape index (κ2) is 9.07. The number of hydrogen-bond acceptors (Lipinski definition) is 2. The number of nitrogens with zero attached hydrogens (tertiary/aromatic N) is 5. The van der Waals surface area contributed by atoms with Gasteiger partial charge in [0, 0.05) is 56.7 Å². The highest BCUT2D eigenvalue weighted by molar-refractivity contribution is 14.0. The van der Waals surface area contributed by atoms with Crippen molar-refractivity contribution in [2.45, 2.75) is 38.9 Å². The fourth-order valence-electron chi connectivity index (χ4n) is 3.15. The number of imidazole rings is 1. The highest BCUT2D eigenvalue weighted by Gasteiger charge is 2.14. The summed E-state index contributed by atoms with van der Waals surface area (Å²) in [5.41, 5.74) is 2.31. The Morgan fingerprint density at radius 3 is 2.84 bits per heavy atom. The molecular weight excluding hydrogens is 495 g/mol. The first kappa shape index (κ1) is 20.3. The van der Waals surface area contributed by atoms with Crippen molar-refractivity contribution in [2.75, 3.05) is 14.1 Å². The van der Waals surface area contributed by atoms with Crippen LogP contribution in [0.25, 0.3) is 0 Å². The van der Waals surface area contributed by atoms with Gasteiger partial charge in [-0.1, -0.05) is 0 Å². The summed E-state index contributed by atoms with van der Waals surface area (Å²) in [5.74, 6) is 2.09. The molecule has 0 aromatic carbocycles. The smallest absolute Gasteiger partial charge is 0.194 e. The Labute approximate surface area is 174 Å². The molecule has 1 aliphatic rings. The highest BCUT2D eigenvalue weighted by Crippen LogP contribution is 2.16. The van der Waals surface area contributed by atoms with Crippen LogP contribution in [0.1, 0.15) is 30.1 Å². The summed E-state index contributed by atoms with van der Waals surface area (Å²) in [7, 11) is 5.92. The SMILES string of the molecule is CN=C(NCc1cn2c(n1)CCCC2)N(C)Cc1cc(Br)cn1C.I. The third kappa shape index (κ3) is 4.99. The molecular formula is C17H26BrIN6. The van der Waals surface area contributed by atoms with Gasteiger partial charge in [-0.05, 0) is 34.8 Å². The van der Waals surface area contributed by atoms with Crippen LogP contribution >= 0.6 is 39.9 Å². The molecule has 6 nitrogen and oxygen atoms in total. The van der Waals surface area contributed by atoms with Crippen LogP contribution in [0, 0.1) is 0 Å². The van der Waals surface area contributed by atoms with E-state index < -0.39 is 0 Å². The minimum atomic E-state index is 0. The van der Waals surface area contributed by atoms with Crippen LogP contribution < -0.4 is 5.32 Å². The van der Waals surface area contributed by atoms with Gasteiger partial charge in [-0.15, -0.1) is 24.0 Å². The van der Waals surface area contributed by atoms with Gasteiger partial charge in [0.2, 0.25) is 0 Å². The van der Waals surface area contributed by atoms with E-state index in [0.29, 0.717) is 6.54 Å². The Morgan fingerprint density at radius 2 is 2.20 bits per heavy atom. The Bertz CT molecular complexity index is 712. The number of halogens is 2. The number of aliphatic imine (C=N–C) groups is 1. The zero-order chi connectivity index (χ0) is 17.1.